The van der Waals surface area contributed by atoms with E-state index in [9.17, 15) is 9.59 Å². The number of hydrogen-bond acceptors (Lipinski definition) is 3. The zero-order chi connectivity index (χ0) is 25.8. The third kappa shape index (κ3) is 3.66. The van der Waals surface area contributed by atoms with Crippen molar-refractivity contribution in [3.63, 3.8) is 0 Å². The van der Waals surface area contributed by atoms with Crippen LogP contribution in [0.4, 0.5) is 10.1 Å². The fraction of sp³-hybridized carbons (Fsp3) is 0.333. The van der Waals surface area contributed by atoms with Gasteiger partial charge in [0.1, 0.15) is 11.6 Å². The van der Waals surface area contributed by atoms with Gasteiger partial charge < -0.3 is 5.32 Å². The monoisotopic (exact) mass is 536 g/mol. The SMILES string of the molecule is O=C(Nc1ccccc1)[C@@H]1NC2(CCCCC2)[C@@]2(C(=O)Cc3cc(Cl)ccc32)[C@H]1c1cccc(Cl)c1F. The van der Waals surface area contributed by atoms with Gasteiger partial charge in [-0.3, -0.25) is 14.9 Å². The summed E-state index contributed by atoms with van der Waals surface area (Å²) in [7, 11) is 0. The number of halogens is 3. The topological polar surface area (TPSA) is 58.2 Å². The lowest BCUT2D eigenvalue weighted by molar-refractivity contribution is -0.126. The molecule has 0 aromatic heterocycles. The number of carbonyl (C=O) groups excluding carboxylic acids is 2. The van der Waals surface area contributed by atoms with E-state index in [2.05, 4.69) is 10.6 Å². The molecule has 0 radical (unpaired) electrons. The second-order valence-corrected chi connectivity index (χ2v) is 11.3. The molecule has 2 fully saturated rings. The van der Waals surface area contributed by atoms with Crippen LogP contribution in [0.15, 0.2) is 66.7 Å². The first-order valence-corrected chi connectivity index (χ1v) is 13.5. The van der Waals surface area contributed by atoms with Gasteiger partial charge in [0.15, 0.2) is 0 Å². The summed E-state index contributed by atoms with van der Waals surface area (Å²) >= 11 is 12.6. The molecule has 1 amide bonds. The van der Waals surface area contributed by atoms with Gasteiger partial charge in [-0.15, -0.1) is 0 Å². The summed E-state index contributed by atoms with van der Waals surface area (Å²) in [5, 5.41) is 7.19. The Morgan fingerprint density at radius 2 is 1.73 bits per heavy atom. The molecular weight excluding hydrogens is 510 g/mol. The molecule has 190 valence electrons. The number of benzene rings is 3. The predicted octanol–water partition coefficient (Wildman–Crippen LogP) is 6.59. The van der Waals surface area contributed by atoms with E-state index in [1.807, 2.05) is 42.5 Å². The maximum absolute atomic E-state index is 15.9. The van der Waals surface area contributed by atoms with Crippen molar-refractivity contribution in [3.05, 3.63) is 99.3 Å². The van der Waals surface area contributed by atoms with Crippen LogP contribution < -0.4 is 10.6 Å². The Kier molecular flexibility index (Phi) is 6.14. The summed E-state index contributed by atoms with van der Waals surface area (Å²) in [6.07, 6.45) is 4.53. The predicted molar refractivity (Wildman–Crippen MR) is 144 cm³/mol. The zero-order valence-corrected chi connectivity index (χ0v) is 21.7. The Labute approximate surface area is 225 Å². The molecule has 0 unspecified atom stereocenters. The Hall–Kier alpha value is -2.73. The Morgan fingerprint density at radius 1 is 0.973 bits per heavy atom. The molecule has 2 N–H and O–H groups in total. The third-order valence-electron chi connectivity index (χ3n) is 8.62. The van der Waals surface area contributed by atoms with E-state index in [4.69, 9.17) is 23.2 Å². The first-order valence-electron chi connectivity index (χ1n) is 12.8. The van der Waals surface area contributed by atoms with Crippen LogP contribution in [0.25, 0.3) is 0 Å². The van der Waals surface area contributed by atoms with Gasteiger partial charge in [0.05, 0.1) is 16.5 Å². The molecule has 4 nitrogen and oxygen atoms in total. The van der Waals surface area contributed by atoms with E-state index in [0.717, 1.165) is 30.4 Å². The summed E-state index contributed by atoms with van der Waals surface area (Å²) in [4.78, 5) is 28.3. The van der Waals surface area contributed by atoms with Crippen LogP contribution in [-0.4, -0.2) is 23.3 Å². The maximum atomic E-state index is 15.9. The van der Waals surface area contributed by atoms with E-state index in [-0.39, 0.29) is 28.7 Å². The van der Waals surface area contributed by atoms with Crippen molar-refractivity contribution in [2.75, 3.05) is 5.32 Å². The number of fused-ring (bicyclic) bond motifs is 3. The van der Waals surface area contributed by atoms with Crippen LogP contribution in [0.3, 0.4) is 0 Å². The number of carbonyl (C=O) groups is 2. The average Bonchev–Trinajstić information content (AvgIpc) is 3.34. The van der Waals surface area contributed by atoms with E-state index < -0.39 is 28.7 Å². The number of Topliss-reactive ketones (excluding diaryl/α,β-unsaturated/α-hetero) is 1. The van der Waals surface area contributed by atoms with Crippen LogP contribution in [0.2, 0.25) is 10.0 Å². The summed E-state index contributed by atoms with van der Waals surface area (Å²) in [5.74, 6) is -1.68. The van der Waals surface area contributed by atoms with Crippen molar-refractivity contribution in [3.8, 4) is 0 Å². The third-order valence-corrected chi connectivity index (χ3v) is 9.14. The highest BCUT2D eigenvalue weighted by Gasteiger charge is 2.71. The Bertz CT molecular complexity index is 1390. The first kappa shape index (κ1) is 24.6. The second-order valence-electron chi connectivity index (χ2n) is 10.5. The summed E-state index contributed by atoms with van der Waals surface area (Å²) in [5.41, 5.74) is 0.795. The lowest BCUT2D eigenvalue weighted by Crippen LogP contribution is -2.59. The smallest absolute Gasteiger partial charge is 0.242 e. The number of para-hydroxylation sites is 1. The van der Waals surface area contributed by atoms with E-state index in [1.54, 1.807) is 18.2 Å². The van der Waals surface area contributed by atoms with Gasteiger partial charge >= 0.3 is 0 Å². The molecule has 2 aliphatic carbocycles. The summed E-state index contributed by atoms with van der Waals surface area (Å²) in [6.45, 7) is 0. The maximum Gasteiger partial charge on any atom is 0.242 e. The van der Waals surface area contributed by atoms with Crippen molar-refractivity contribution in [2.24, 2.45) is 0 Å². The van der Waals surface area contributed by atoms with Gasteiger partial charge in [-0.1, -0.05) is 78.9 Å². The molecule has 7 heteroatoms. The first-order chi connectivity index (χ1) is 17.9. The summed E-state index contributed by atoms with van der Waals surface area (Å²) < 4.78 is 15.9. The Morgan fingerprint density at radius 3 is 2.49 bits per heavy atom. The van der Waals surface area contributed by atoms with E-state index in [1.165, 1.54) is 6.07 Å². The highest BCUT2D eigenvalue weighted by Crippen LogP contribution is 2.62. The number of rotatable bonds is 3. The fourth-order valence-electron chi connectivity index (χ4n) is 7.29. The molecule has 1 heterocycles. The minimum absolute atomic E-state index is 0.00134. The standard InChI is InChI=1S/C30H27Cl2FN2O2/c31-19-12-13-22-18(16-19)17-24(36)30(22)25(21-10-7-11-23(32)26(21)33)27(35-29(30)14-5-2-6-15-29)28(37)34-20-8-3-1-4-9-20/h1,3-4,7-13,16,25,27,35H,2,5-6,14-15,17H2,(H,34,37)/t25-,27+,30-/m0/s1. The van der Waals surface area contributed by atoms with Crippen LogP contribution in [0.1, 0.15) is 54.7 Å². The molecule has 1 aliphatic heterocycles. The van der Waals surface area contributed by atoms with Crippen molar-refractivity contribution >= 4 is 40.6 Å². The number of ketones is 1. The van der Waals surface area contributed by atoms with Crippen molar-refractivity contribution in [1.82, 2.24) is 5.32 Å². The molecule has 3 atom stereocenters. The molecule has 3 aromatic rings. The van der Waals surface area contributed by atoms with Gasteiger partial charge in [-0.25, -0.2) is 4.39 Å². The molecule has 2 spiro atoms. The highest BCUT2D eigenvalue weighted by atomic mass is 35.5. The Balaban J connectivity index is 1.60. The summed E-state index contributed by atoms with van der Waals surface area (Å²) in [6, 6.07) is 18.7. The zero-order valence-electron chi connectivity index (χ0n) is 20.2. The normalized spacial score (nSPS) is 26.0. The largest absolute Gasteiger partial charge is 0.325 e. The average molecular weight is 537 g/mol. The fourth-order valence-corrected chi connectivity index (χ4v) is 7.67. The minimum Gasteiger partial charge on any atom is -0.325 e. The number of amides is 1. The van der Waals surface area contributed by atoms with Crippen LogP contribution in [-0.2, 0) is 21.4 Å². The molecular formula is C30H27Cl2FN2O2. The van der Waals surface area contributed by atoms with Crippen molar-refractivity contribution in [2.45, 2.75) is 61.4 Å². The van der Waals surface area contributed by atoms with Crippen LogP contribution in [0.5, 0.6) is 0 Å². The van der Waals surface area contributed by atoms with E-state index >= 15 is 4.39 Å². The molecule has 3 aliphatic rings. The van der Waals surface area contributed by atoms with Crippen LogP contribution in [0, 0.1) is 5.82 Å². The number of hydrogen-bond donors (Lipinski definition) is 2. The van der Waals surface area contributed by atoms with Gasteiger partial charge in [0.25, 0.3) is 0 Å². The molecule has 1 saturated heterocycles. The van der Waals surface area contributed by atoms with Crippen molar-refractivity contribution < 1.29 is 14.0 Å². The lowest BCUT2D eigenvalue weighted by atomic mass is 9.55. The highest BCUT2D eigenvalue weighted by molar-refractivity contribution is 6.31. The second kappa shape index (κ2) is 9.23. The van der Waals surface area contributed by atoms with Gasteiger partial charge in [-0.2, -0.15) is 0 Å². The lowest BCUT2D eigenvalue weighted by Gasteiger charge is -2.48. The van der Waals surface area contributed by atoms with Gasteiger partial charge in [0, 0.05) is 28.6 Å². The molecule has 6 rings (SSSR count). The van der Waals surface area contributed by atoms with Gasteiger partial charge in [0.2, 0.25) is 5.91 Å². The molecule has 1 saturated carbocycles. The molecule has 37 heavy (non-hydrogen) atoms. The molecule has 3 aromatic carbocycles. The molecule has 0 bridgehead atoms. The quantitative estimate of drug-likeness (QED) is 0.396. The number of nitrogens with one attached hydrogen (secondary N) is 2. The van der Waals surface area contributed by atoms with Gasteiger partial charge in [-0.05, 0) is 59.9 Å². The van der Waals surface area contributed by atoms with Crippen molar-refractivity contribution in [1.29, 1.82) is 0 Å². The van der Waals surface area contributed by atoms with E-state index in [0.29, 0.717) is 23.6 Å². The number of anilines is 1. The minimum atomic E-state index is -1.13. The van der Waals surface area contributed by atoms with Crippen LogP contribution >= 0.6 is 23.2 Å².